The van der Waals surface area contributed by atoms with Crippen LogP contribution in [0, 0.1) is 11.3 Å². The van der Waals surface area contributed by atoms with Crippen LogP contribution in [0.2, 0.25) is 0 Å². The van der Waals surface area contributed by atoms with Crippen molar-refractivity contribution in [2.24, 2.45) is 0 Å². The molecule has 3 nitrogen and oxygen atoms in total. The average Bonchev–Trinajstić information content (AvgIpc) is 2.26. The quantitative estimate of drug-likeness (QED) is 0.714. The van der Waals surface area contributed by atoms with Gasteiger partial charge >= 0.3 is 0 Å². The standard InChI is InChI=1S/C10H16N2OS/c1-12(7-4-6-11)10(13)9-5-2-3-8-14-9/h9H,2-5,7-8H2,1H3. The van der Waals surface area contributed by atoms with E-state index in [1.54, 1.807) is 23.7 Å². The van der Waals surface area contributed by atoms with Crippen LogP contribution in [0.25, 0.3) is 0 Å². The molecule has 0 saturated carbocycles. The van der Waals surface area contributed by atoms with Gasteiger partial charge in [0.2, 0.25) is 5.91 Å². The number of thioether (sulfide) groups is 1. The molecular formula is C10H16N2OS. The average molecular weight is 212 g/mol. The lowest BCUT2D eigenvalue weighted by molar-refractivity contribution is -0.129. The van der Waals surface area contributed by atoms with Crippen LogP contribution in [0.3, 0.4) is 0 Å². The predicted octanol–water partition coefficient (Wildman–Crippen LogP) is 1.64. The fourth-order valence-electron chi connectivity index (χ4n) is 1.51. The van der Waals surface area contributed by atoms with Crippen LogP contribution in [0.1, 0.15) is 25.7 Å². The summed E-state index contributed by atoms with van der Waals surface area (Å²) in [6.07, 6.45) is 3.83. The molecule has 14 heavy (non-hydrogen) atoms. The molecule has 0 aromatic rings. The lowest BCUT2D eigenvalue weighted by Crippen LogP contribution is -2.36. The third kappa shape index (κ3) is 3.22. The van der Waals surface area contributed by atoms with E-state index in [1.807, 2.05) is 0 Å². The van der Waals surface area contributed by atoms with Gasteiger partial charge in [0.15, 0.2) is 0 Å². The highest BCUT2D eigenvalue weighted by Crippen LogP contribution is 2.26. The summed E-state index contributed by atoms with van der Waals surface area (Å²) in [5.41, 5.74) is 0. The molecule has 0 bridgehead atoms. The van der Waals surface area contributed by atoms with Gasteiger partial charge in [-0.05, 0) is 18.6 Å². The van der Waals surface area contributed by atoms with E-state index in [0.29, 0.717) is 13.0 Å². The first kappa shape index (κ1) is 11.4. The summed E-state index contributed by atoms with van der Waals surface area (Å²) < 4.78 is 0. The zero-order chi connectivity index (χ0) is 10.4. The van der Waals surface area contributed by atoms with Crippen molar-refractivity contribution in [3.63, 3.8) is 0 Å². The van der Waals surface area contributed by atoms with Crippen LogP contribution in [0.15, 0.2) is 0 Å². The molecule has 1 amide bonds. The van der Waals surface area contributed by atoms with Crippen molar-refractivity contribution < 1.29 is 4.79 Å². The van der Waals surface area contributed by atoms with E-state index in [2.05, 4.69) is 6.07 Å². The van der Waals surface area contributed by atoms with E-state index in [-0.39, 0.29) is 11.2 Å². The Kier molecular flexibility index (Phi) is 4.81. The first-order valence-electron chi connectivity index (χ1n) is 4.99. The smallest absolute Gasteiger partial charge is 0.235 e. The fraction of sp³-hybridized carbons (Fsp3) is 0.800. The largest absolute Gasteiger partial charge is 0.344 e. The second-order valence-corrected chi connectivity index (χ2v) is 4.83. The van der Waals surface area contributed by atoms with E-state index in [1.165, 1.54) is 6.42 Å². The minimum atomic E-state index is 0.146. The highest BCUT2D eigenvalue weighted by Gasteiger charge is 2.24. The lowest BCUT2D eigenvalue weighted by atomic mass is 10.1. The van der Waals surface area contributed by atoms with Crippen LogP contribution in [-0.2, 0) is 4.79 Å². The molecule has 0 aromatic carbocycles. The summed E-state index contributed by atoms with van der Waals surface area (Å²) in [6, 6.07) is 2.06. The van der Waals surface area contributed by atoms with Gasteiger partial charge in [0.25, 0.3) is 0 Å². The summed E-state index contributed by atoms with van der Waals surface area (Å²) in [6.45, 7) is 0.562. The Morgan fingerprint density at radius 1 is 1.64 bits per heavy atom. The number of nitriles is 1. The number of carbonyl (C=O) groups is 1. The second-order valence-electron chi connectivity index (χ2n) is 3.52. The van der Waals surface area contributed by atoms with Crippen molar-refractivity contribution in [1.29, 1.82) is 5.26 Å². The van der Waals surface area contributed by atoms with Crippen LogP contribution >= 0.6 is 11.8 Å². The monoisotopic (exact) mass is 212 g/mol. The van der Waals surface area contributed by atoms with Gasteiger partial charge in [-0.15, -0.1) is 11.8 Å². The summed E-state index contributed by atoms with van der Waals surface area (Å²) in [4.78, 5) is 13.5. The summed E-state index contributed by atoms with van der Waals surface area (Å²) in [5, 5.41) is 8.56. The Morgan fingerprint density at radius 3 is 3.00 bits per heavy atom. The van der Waals surface area contributed by atoms with E-state index >= 15 is 0 Å². The second kappa shape index (κ2) is 5.92. The molecule has 1 fully saturated rings. The number of hydrogen-bond acceptors (Lipinski definition) is 3. The normalized spacial score (nSPS) is 21.3. The maximum absolute atomic E-state index is 11.8. The highest BCUT2D eigenvalue weighted by atomic mass is 32.2. The molecule has 4 heteroatoms. The van der Waals surface area contributed by atoms with Crippen molar-refractivity contribution in [3.8, 4) is 6.07 Å². The maximum atomic E-state index is 11.8. The lowest BCUT2D eigenvalue weighted by Gasteiger charge is -2.25. The van der Waals surface area contributed by atoms with Gasteiger partial charge in [0, 0.05) is 13.6 Å². The minimum Gasteiger partial charge on any atom is -0.344 e. The SMILES string of the molecule is CN(CCC#N)C(=O)C1CCCCS1. The molecule has 0 N–H and O–H groups in total. The number of carbonyl (C=O) groups excluding carboxylic acids is 1. The fourth-order valence-corrected chi connectivity index (χ4v) is 2.82. The Bertz CT molecular complexity index is 231. The summed E-state index contributed by atoms with van der Waals surface area (Å²) in [7, 11) is 1.79. The minimum absolute atomic E-state index is 0.146. The van der Waals surface area contributed by atoms with E-state index in [9.17, 15) is 4.79 Å². The number of rotatable bonds is 3. The molecular weight excluding hydrogens is 196 g/mol. The molecule has 1 aliphatic rings. The Balaban J connectivity index is 2.35. The van der Waals surface area contributed by atoms with Gasteiger partial charge < -0.3 is 4.90 Å². The van der Waals surface area contributed by atoms with E-state index in [4.69, 9.17) is 5.26 Å². The molecule has 1 saturated heterocycles. The third-order valence-corrected chi connectivity index (χ3v) is 3.75. The number of hydrogen-bond donors (Lipinski definition) is 0. The van der Waals surface area contributed by atoms with Gasteiger partial charge in [-0.3, -0.25) is 4.79 Å². The maximum Gasteiger partial charge on any atom is 0.235 e. The molecule has 78 valence electrons. The molecule has 1 unspecified atom stereocenters. The predicted molar refractivity (Wildman–Crippen MR) is 58.0 cm³/mol. The van der Waals surface area contributed by atoms with E-state index in [0.717, 1.165) is 18.6 Å². The van der Waals surface area contributed by atoms with E-state index < -0.39 is 0 Å². The van der Waals surface area contributed by atoms with Gasteiger partial charge in [-0.2, -0.15) is 5.26 Å². The van der Waals surface area contributed by atoms with Gasteiger partial charge in [0.05, 0.1) is 17.7 Å². The number of amides is 1. The summed E-state index contributed by atoms with van der Waals surface area (Å²) in [5.74, 6) is 1.30. The molecule has 1 heterocycles. The molecule has 1 aliphatic heterocycles. The van der Waals surface area contributed by atoms with Crippen LogP contribution in [-0.4, -0.2) is 35.4 Å². The van der Waals surface area contributed by atoms with Crippen molar-refractivity contribution in [2.45, 2.75) is 30.9 Å². The van der Waals surface area contributed by atoms with Gasteiger partial charge in [-0.1, -0.05) is 6.42 Å². The van der Waals surface area contributed by atoms with Crippen LogP contribution < -0.4 is 0 Å². The number of nitrogens with zero attached hydrogens (tertiary/aromatic N) is 2. The first-order valence-corrected chi connectivity index (χ1v) is 6.04. The van der Waals surface area contributed by atoms with Crippen molar-refractivity contribution >= 4 is 17.7 Å². The van der Waals surface area contributed by atoms with Gasteiger partial charge in [-0.25, -0.2) is 0 Å². The van der Waals surface area contributed by atoms with Crippen molar-refractivity contribution in [2.75, 3.05) is 19.3 Å². The first-order chi connectivity index (χ1) is 6.75. The molecule has 0 aliphatic carbocycles. The topological polar surface area (TPSA) is 44.1 Å². The molecule has 0 aromatic heterocycles. The Hall–Kier alpha value is -0.690. The zero-order valence-electron chi connectivity index (χ0n) is 8.53. The highest BCUT2D eigenvalue weighted by molar-refractivity contribution is 8.00. The Labute approximate surface area is 89.5 Å². The van der Waals surface area contributed by atoms with Crippen molar-refractivity contribution in [3.05, 3.63) is 0 Å². The summed E-state index contributed by atoms with van der Waals surface area (Å²) >= 11 is 1.76. The van der Waals surface area contributed by atoms with Crippen molar-refractivity contribution in [1.82, 2.24) is 4.90 Å². The molecule has 1 atom stereocenters. The third-order valence-electron chi connectivity index (χ3n) is 2.39. The molecule has 0 spiro atoms. The van der Waals surface area contributed by atoms with Gasteiger partial charge in [0.1, 0.15) is 0 Å². The zero-order valence-corrected chi connectivity index (χ0v) is 9.35. The molecule has 1 rings (SSSR count). The van der Waals surface area contributed by atoms with Crippen LogP contribution in [0.4, 0.5) is 0 Å². The Morgan fingerprint density at radius 2 is 2.43 bits per heavy atom. The van der Waals surface area contributed by atoms with Crippen LogP contribution in [0.5, 0.6) is 0 Å². The molecule has 0 radical (unpaired) electrons.